The summed E-state index contributed by atoms with van der Waals surface area (Å²) >= 11 is 18.3. The van der Waals surface area contributed by atoms with Crippen molar-refractivity contribution in [3.8, 4) is 5.69 Å². The Morgan fingerprint density at radius 2 is 1.81 bits per heavy atom. The van der Waals surface area contributed by atoms with Crippen LogP contribution in [0.5, 0.6) is 0 Å². The van der Waals surface area contributed by atoms with Gasteiger partial charge in [0, 0.05) is 0 Å². The number of benzene rings is 2. The molecule has 0 saturated carbocycles. The van der Waals surface area contributed by atoms with Crippen molar-refractivity contribution in [2.45, 2.75) is 12.8 Å². The summed E-state index contributed by atoms with van der Waals surface area (Å²) in [6.45, 7) is 1.98. The highest BCUT2D eigenvalue weighted by Gasteiger charge is 2.18. The summed E-state index contributed by atoms with van der Waals surface area (Å²) in [7, 11) is 0. The first-order chi connectivity index (χ1) is 10.0. The van der Waals surface area contributed by atoms with Crippen LogP contribution in [-0.2, 0) is 5.88 Å². The van der Waals surface area contributed by atoms with Crippen molar-refractivity contribution in [1.29, 1.82) is 0 Å². The normalized spacial score (nSPS) is 11.3. The second kappa shape index (κ2) is 5.48. The Morgan fingerprint density at radius 1 is 1.14 bits per heavy atom. The van der Waals surface area contributed by atoms with Gasteiger partial charge in [-0.2, -0.15) is 0 Å². The molecular weight excluding hydrogens is 334 g/mol. The van der Waals surface area contributed by atoms with E-state index in [1.54, 1.807) is 4.57 Å². The Balaban J connectivity index is 2.39. The summed E-state index contributed by atoms with van der Waals surface area (Å²) in [5.74, 6) is 0.312. The molecule has 1 aromatic heterocycles. The highest BCUT2D eigenvalue weighted by Crippen LogP contribution is 2.34. The molecule has 21 heavy (non-hydrogen) atoms. The lowest BCUT2D eigenvalue weighted by Gasteiger charge is -2.12. The first kappa shape index (κ1) is 14.6. The van der Waals surface area contributed by atoms with Gasteiger partial charge in [-0.3, -0.25) is 4.57 Å². The zero-order valence-electron chi connectivity index (χ0n) is 11.0. The molecule has 0 radical (unpaired) electrons. The summed E-state index contributed by atoms with van der Waals surface area (Å²) in [6, 6.07) is 8.28. The monoisotopic (exact) mass is 342 g/mol. The van der Waals surface area contributed by atoms with E-state index in [0.717, 1.165) is 16.6 Å². The van der Waals surface area contributed by atoms with Crippen molar-refractivity contribution < 1.29 is 4.39 Å². The predicted octanol–water partition coefficient (Wildman–Crippen LogP) is 5.52. The Morgan fingerprint density at radius 3 is 2.43 bits per heavy atom. The second-order valence-corrected chi connectivity index (χ2v) is 5.79. The molecule has 0 spiro atoms. The van der Waals surface area contributed by atoms with E-state index in [9.17, 15) is 4.39 Å². The van der Waals surface area contributed by atoms with Crippen LogP contribution in [0.2, 0.25) is 10.0 Å². The second-order valence-electron chi connectivity index (χ2n) is 4.71. The number of alkyl halides is 1. The molecule has 0 aliphatic heterocycles. The zero-order valence-corrected chi connectivity index (χ0v) is 13.3. The van der Waals surface area contributed by atoms with Crippen LogP contribution in [0.4, 0.5) is 4.39 Å². The van der Waals surface area contributed by atoms with Gasteiger partial charge in [0.2, 0.25) is 0 Å². The number of halogens is 4. The van der Waals surface area contributed by atoms with Crippen LogP contribution in [0.3, 0.4) is 0 Å². The van der Waals surface area contributed by atoms with E-state index < -0.39 is 5.82 Å². The van der Waals surface area contributed by atoms with Crippen LogP contribution in [0.25, 0.3) is 16.7 Å². The van der Waals surface area contributed by atoms with Crippen LogP contribution in [0.1, 0.15) is 11.4 Å². The molecule has 0 fully saturated rings. The largest absolute Gasteiger partial charge is 0.292 e. The zero-order chi connectivity index (χ0) is 15.1. The Kier molecular flexibility index (Phi) is 3.82. The van der Waals surface area contributed by atoms with Gasteiger partial charge >= 0.3 is 0 Å². The molecule has 0 unspecified atom stereocenters. The summed E-state index contributed by atoms with van der Waals surface area (Å²) in [4.78, 5) is 4.49. The lowest BCUT2D eigenvalue weighted by Crippen LogP contribution is -2.01. The van der Waals surface area contributed by atoms with Gasteiger partial charge in [0.15, 0.2) is 0 Å². The number of hydrogen-bond acceptors (Lipinski definition) is 1. The minimum Gasteiger partial charge on any atom is -0.292 e. The maximum Gasteiger partial charge on any atom is 0.129 e. The number of aryl methyl sites for hydroxylation is 1. The van der Waals surface area contributed by atoms with E-state index in [4.69, 9.17) is 34.8 Å². The van der Waals surface area contributed by atoms with Crippen LogP contribution in [0.15, 0.2) is 30.3 Å². The quantitative estimate of drug-likeness (QED) is 0.560. The Labute approximate surface area is 136 Å². The summed E-state index contributed by atoms with van der Waals surface area (Å²) in [5.41, 5.74) is 3.19. The molecule has 0 aliphatic carbocycles. The maximum atomic E-state index is 13.4. The SMILES string of the molecule is Cc1ccc2c(c1)nc(CCl)n2-c1c(Cl)cc(F)cc1Cl. The van der Waals surface area contributed by atoms with E-state index >= 15 is 0 Å². The highest BCUT2D eigenvalue weighted by atomic mass is 35.5. The predicted molar refractivity (Wildman–Crippen MR) is 85.3 cm³/mol. The van der Waals surface area contributed by atoms with E-state index in [-0.39, 0.29) is 15.9 Å². The maximum absolute atomic E-state index is 13.4. The number of rotatable bonds is 2. The smallest absolute Gasteiger partial charge is 0.129 e. The van der Waals surface area contributed by atoms with E-state index in [1.807, 2.05) is 25.1 Å². The average Bonchev–Trinajstić information content (AvgIpc) is 2.75. The van der Waals surface area contributed by atoms with Gasteiger partial charge < -0.3 is 0 Å². The molecule has 0 atom stereocenters. The third-order valence-corrected chi connectivity index (χ3v) is 4.02. The molecule has 1 heterocycles. The van der Waals surface area contributed by atoms with Gasteiger partial charge in [-0.1, -0.05) is 29.3 Å². The van der Waals surface area contributed by atoms with Crippen molar-refractivity contribution in [3.05, 3.63) is 57.6 Å². The summed E-state index contributed by atoms with van der Waals surface area (Å²) < 4.78 is 15.1. The fourth-order valence-electron chi connectivity index (χ4n) is 2.33. The molecule has 108 valence electrons. The minimum absolute atomic E-state index is 0.192. The van der Waals surface area contributed by atoms with Gasteiger partial charge in [-0.15, -0.1) is 11.6 Å². The number of fused-ring (bicyclic) bond motifs is 1. The van der Waals surface area contributed by atoms with Gasteiger partial charge in [-0.25, -0.2) is 9.37 Å². The number of imidazole rings is 1. The molecule has 0 N–H and O–H groups in total. The van der Waals surface area contributed by atoms with Crippen LogP contribution in [-0.4, -0.2) is 9.55 Å². The topological polar surface area (TPSA) is 17.8 Å². The van der Waals surface area contributed by atoms with Gasteiger partial charge in [0.25, 0.3) is 0 Å². The first-order valence-electron chi connectivity index (χ1n) is 6.20. The molecule has 0 saturated heterocycles. The average molecular weight is 344 g/mol. The molecule has 3 aromatic rings. The van der Waals surface area contributed by atoms with Crippen LogP contribution in [0, 0.1) is 12.7 Å². The lowest BCUT2D eigenvalue weighted by atomic mass is 10.2. The minimum atomic E-state index is -0.485. The van der Waals surface area contributed by atoms with Crippen molar-refractivity contribution >= 4 is 45.8 Å². The molecule has 3 rings (SSSR count). The summed E-state index contributed by atoms with van der Waals surface area (Å²) in [6.07, 6.45) is 0. The van der Waals surface area contributed by atoms with Gasteiger partial charge in [0.1, 0.15) is 11.6 Å². The highest BCUT2D eigenvalue weighted by molar-refractivity contribution is 6.38. The van der Waals surface area contributed by atoms with Crippen molar-refractivity contribution in [3.63, 3.8) is 0 Å². The fraction of sp³-hybridized carbons (Fsp3) is 0.133. The molecule has 2 nitrogen and oxygen atoms in total. The van der Waals surface area contributed by atoms with Gasteiger partial charge in [0.05, 0.1) is 32.6 Å². The lowest BCUT2D eigenvalue weighted by molar-refractivity contribution is 0.627. The molecule has 6 heteroatoms. The first-order valence-corrected chi connectivity index (χ1v) is 7.49. The molecule has 2 aromatic carbocycles. The third-order valence-electron chi connectivity index (χ3n) is 3.20. The van der Waals surface area contributed by atoms with Crippen LogP contribution < -0.4 is 0 Å². The molecule has 0 amide bonds. The van der Waals surface area contributed by atoms with E-state index in [2.05, 4.69) is 4.98 Å². The fourth-order valence-corrected chi connectivity index (χ4v) is 3.14. The molecule has 0 bridgehead atoms. The van der Waals surface area contributed by atoms with Gasteiger partial charge in [-0.05, 0) is 36.8 Å². The standard InChI is InChI=1S/C15H10Cl3FN2/c1-8-2-3-13-12(4-8)20-14(7-16)21(13)15-10(17)5-9(19)6-11(15)18/h2-6H,7H2,1H3. The van der Waals surface area contributed by atoms with Crippen molar-refractivity contribution in [2.75, 3.05) is 0 Å². The molecular formula is C15H10Cl3FN2. The number of nitrogens with zero attached hydrogens (tertiary/aromatic N) is 2. The number of hydrogen-bond donors (Lipinski definition) is 0. The van der Waals surface area contributed by atoms with E-state index in [0.29, 0.717) is 11.5 Å². The van der Waals surface area contributed by atoms with Crippen LogP contribution >= 0.6 is 34.8 Å². The summed E-state index contributed by atoms with van der Waals surface area (Å²) in [5, 5.41) is 0.428. The Hall–Kier alpha value is -1.29. The molecule has 0 aliphatic rings. The van der Waals surface area contributed by atoms with E-state index in [1.165, 1.54) is 12.1 Å². The number of aromatic nitrogens is 2. The van der Waals surface area contributed by atoms with Crippen molar-refractivity contribution in [2.24, 2.45) is 0 Å². The Bertz CT molecular complexity index is 819. The van der Waals surface area contributed by atoms with Crippen molar-refractivity contribution in [1.82, 2.24) is 9.55 Å². The third kappa shape index (κ3) is 2.50.